The highest BCUT2D eigenvalue weighted by Gasteiger charge is 2.22. The fourth-order valence-electron chi connectivity index (χ4n) is 2.91. The molecule has 0 saturated heterocycles. The molecule has 1 aliphatic carbocycles. The van der Waals surface area contributed by atoms with E-state index in [4.69, 9.17) is 10.5 Å². The third-order valence-corrected chi connectivity index (χ3v) is 5.54. The maximum atomic E-state index is 13.4. The van der Waals surface area contributed by atoms with Crippen LogP contribution >= 0.6 is 11.8 Å². The average molecular weight is 362 g/mol. The first-order valence-corrected chi connectivity index (χ1v) is 9.09. The number of nitrogens with two attached hydrogens (primary N) is 1. The molecule has 0 amide bonds. The maximum absolute atomic E-state index is 13.4. The Morgan fingerprint density at radius 2 is 1.96 bits per heavy atom. The zero-order chi connectivity index (χ0) is 17.8. The minimum absolute atomic E-state index is 0.106. The van der Waals surface area contributed by atoms with Crippen molar-refractivity contribution in [2.45, 2.75) is 42.2 Å². The predicted molar refractivity (Wildman–Crippen MR) is 96.7 cm³/mol. The number of anilines is 1. The van der Waals surface area contributed by atoms with Gasteiger partial charge in [-0.1, -0.05) is 25.3 Å². The smallest absolute Gasteiger partial charge is 0.295 e. The summed E-state index contributed by atoms with van der Waals surface area (Å²) in [5, 5.41) is 11.6. The van der Waals surface area contributed by atoms with E-state index in [-0.39, 0.29) is 11.4 Å². The van der Waals surface area contributed by atoms with Gasteiger partial charge in [0.15, 0.2) is 0 Å². The van der Waals surface area contributed by atoms with Crippen molar-refractivity contribution >= 4 is 23.1 Å². The van der Waals surface area contributed by atoms with E-state index in [9.17, 15) is 14.5 Å². The molecule has 2 aromatic rings. The molecule has 2 aromatic carbocycles. The number of nitrogens with zero attached hydrogens (tertiary/aromatic N) is 1. The first-order valence-electron chi connectivity index (χ1n) is 8.21. The predicted octanol–water partition coefficient (Wildman–Crippen LogP) is 5.53. The van der Waals surface area contributed by atoms with Gasteiger partial charge in [0.25, 0.3) is 5.69 Å². The third kappa shape index (κ3) is 4.42. The highest BCUT2D eigenvalue weighted by molar-refractivity contribution is 8.00. The summed E-state index contributed by atoms with van der Waals surface area (Å²) in [4.78, 5) is 11.4. The van der Waals surface area contributed by atoms with Gasteiger partial charge < -0.3 is 10.5 Å². The van der Waals surface area contributed by atoms with Crippen LogP contribution in [0.25, 0.3) is 0 Å². The Kier molecular flexibility index (Phi) is 5.43. The maximum Gasteiger partial charge on any atom is 0.295 e. The lowest BCUT2D eigenvalue weighted by molar-refractivity contribution is -0.384. The van der Waals surface area contributed by atoms with Gasteiger partial charge in [-0.2, -0.15) is 0 Å². The van der Waals surface area contributed by atoms with Gasteiger partial charge in [0.2, 0.25) is 0 Å². The van der Waals surface area contributed by atoms with E-state index in [0.29, 0.717) is 16.7 Å². The Balaban J connectivity index is 1.93. The molecule has 132 valence electrons. The lowest BCUT2D eigenvalue weighted by atomic mass is 10.0. The number of benzene rings is 2. The molecule has 1 aliphatic rings. The molecule has 25 heavy (non-hydrogen) atoms. The van der Waals surface area contributed by atoms with Crippen molar-refractivity contribution in [2.75, 3.05) is 5.73 Å². The molecule has 0 aromatic heterocycles. The summed E-state index contributed by atoms with van der Waals surface area (Å²) in [6.07, 6.45) is 5.80. The first kappa shape index (κ1) is 17.5. The largest absolute Gasteiger partial charge is 0.456 e. The average Bonchev–Trinajstić information content (AvgIpc) is 2.58. The Bertz CT molecular complexity index is 779. The van der Waals surface area contributed by atoms with Crippen LogP contribution in [0, 0.1) is 15.9 Å². The number of hydrogen-bond donors (Lipinski definition) is 1. The highest BCUT2D eigenvalue weighted by Crippen LogP contribution is 2.43. The van der Waals surface area contributed by atoms with Crippen molar-refractivity contribution in [1.82, 2.24) is 0 Å². The van der Waals surface area contributed by atoms with Crippen molar-refractivity contribution in [2.24, 2.45) is 0 Å². The van der Waals surface area contributed by atoms with Crippen molar-refractivity contribution in [3.05, 3.63) is 52.3 Å². The summed E-state index contributed by atoms with van der Waals surface area (Å²) in [7, 11) is 0. The zero-order valence-corrected chi connectivity index (χ0v) is 14.4. The van der Waals surface area contributed by atoms with E-state index in [1.165, 1.54) is 43.5 Å². The van der Waals surface area contributed by atoms with Gasteiger partial charge in [-0.3, -0.25) is 10.1 Å². The number of ether oxygens (including phenoxy) is 1. The molecule has 5 nitrogen and oxygen atoms in total. The summed E-state index contributed by atoms with van der Waals surface area (Å²) in [6, 6.07) is 8.62. The second kappa shape index (κ2) is 7.74. The van der Waals surface area contributed by atoms with Crippen LogP contribution in [0.1, 0.15) is 32.1 Å². The molecule has 0 spiro atoms. The normalized spacial score (nSPS) is 15.1. The molecule has 0 aliphatic heterocycles. The summed E-state index contributed by atoms with van der Waals surface area (Å²) < 4.78 is 19.2. The van der Waals surface area contributed by atoms with Gasteiger partial charge in [0.05, 0.1) is 15.9 Å². The third-order valence-electron chi connectivity index (χ3n) is 4.16. The Morgan fingerprint density at radius 3 is 2.64 bits per heavy atom. The van der Waals surface area contributed by atoms with Crippen LogP contribution < -0.4 is 10.5 Å². The van der Waals surface area contributed by atoms with Crippen molar-refractivity contribution in [1.29, 1.82) is 0 Å². The molecule has 0 atom stereocenters. The molecular weight excluding hydrogens is 343 g/mol. The Morgan fingerprint density at radius 1 is 1.20 bits per heavy atom. The molecular formula is C18H19FN2O3S. The van der Waals surface area contributed by atoms with Crippen LogP contribution in [0.15, 0.2) is 41.3 Å². The number of nitrogen functional groups attached to an aromatic ring is 1. The summed E-state index contributed by atoms with van der Waals surface area (Å²) in [5.74, 6) is 0.204. The molecule has 3 rings (SSSR count). The fourth-order valence-corrected chi connectivity index (χ4v) is 4.25. The van der Waals surface area contributed by atoms with Crippen molar-refractivity contribution < 1.29 is 14.1 Å². The van der Waals surface area contributed by atoms with Gasteiger partial charge in [-0.05, 0) is 31.0 Å². The topological polar surface area (TPSA) is 78.4 Å². The van der Waals surface area contributed by atoms with Crippen molar-refractivity contribution in [3.8, 4) is 11.5 Å². The number of rotatable bonds is 5. The fraction of sp³-hybridized carbons (Fsp3) is 0.333. The second-order valence-electron chi connectivity index (χ2n) is 6.05. The van der Waals surface area contributed by atoms with Crippen LogP contribution in [0.3, 0.4) is 0 Å². The Hall–Kier alpha value is -2.28. The van der Waals surface area contributed by atoms with E-state index in [0.717, 1.165) is 17.7 Å². The van der Waals surface area contributed by atoms with Gasteiger partial charge >= 0.3 is 0 Å². The molecule has 0 bridgehead atoms. The molecule has 7 heteroatoms. The lowest BCUT2D eigenvalue weighted by Crippen LogP contribution is -2.08. The quantitative estimate of drug-likeness (QED) is 0.429. The zero-order valence-electron chi connectivity index (χ0n) is 13.6. The van der Waals surface area contributed by atoms with Crippen LogP contribution in [-0.2, 0) is 0 Å². The van der Waals surface area contributed by atoms with Crippen LogP contribution in [-0.4, -0.2) is 10.2 Å². The van der Waals surface area contributed by atoms with Gasteiger partial charge in [0.1, 0.15) is 23.0 Å². The monoisotopic (exact) mass is 362 g/mol. The SMILES string of the molecule is Nc1cc(SC2CCCCC2)c(Oc2cccc(F)c2)cc1[N+](=O)[O-]. The Labute approximate surface area is 149 Å². The highest BCUT2D eigenvalue weighted by atomic mass is 32.2. The van der Waals surface area contributed by atoms with Crippen molar-refractivity contribution in [3.63, 3.8) is 0 Å². The molecule has 2 N–H and O–H groups in total. The van der Waals surface area contributed by atoms with E-state index in [1.807, 2.05) is 0 Å². The van der Waals surface area contributed by atoms with E-state index < -0.39 is 10.7 Å². The standard InChI is InChI=1S/C18H19FN2O3S/c19-12-5-4-6-13(9-12)24-17-11-16(21(22)23)15(20)10-18(17)25-14-7-2-1-3-8-14/h4-6,9-11,14H,1-3,7-8,20H2. The van der Waals surface area contributed by atoms with Gasteiger partial charge in [0, 0.05) is 11.3 Å². The minimum Gasteiger partial charge on any atom is -0.456 e. The summed E-state index contributed by atoms with van der Waals surface area (Å²) in [6.45, 7) is 0. The van der Waals surface area contributed by atoms with E-state index >= 15 is 0 Å². The molecule has 0 heterocycles. The van der Waals surface area contributed by atoms with Gasteiger partial charge in [-0.15, -0.1) is 11.8 Å². The molecule has 0 radical (unpaired) electrons. The second-order valence-corrected chi connectivity index (χ2v) is 7.39. The van der Waals surface area contributed by atoms with Gasteiger partial charge in [-0.25, -0.2) is 4.39 Å². The van der Waals surface area contributed by atoms with E-state index in [2.05, 4.69) is 0 Å². The minimum atomic E-state index is -0.539. The molecule has 0 unspecified atom stereocenters. The van der Waals surface area contributed by atoms with E-state index in [1.54, 1.807) is 23.9 Å². The molecule has 1 saturated carbocycles. The number of nitro groups is 1. The summed E-state index contributed by atoms with van der Waals surface area (Å²) in [5.41, 5.74) is 5.74. The number of thioether (sulfide) groups is 1. The van der Waals surface area contributed by atoms with Crippen LogP contribution in [0.4, 0.5) is 15.8 Å². The molecule has 1 fully saturated rings. The summed E-state index contributed by atoms with van der Waals surface area (Å²) >= 11 is 1.63. The number of halogens is 1. The van der Waals surface area contributed by atoms with Crippen LogP contribution in [0.5, 0.6) is 11.5 Å². The number of nitro benzene ring substituents is 1. The lowest BCUT2D eigenvalue weighted by Gasteiger charge is -2.22. The number of hydrogen-bond acceptors (Lipinski definition) is 5. The first-order chi connectivity index (χ1) is 12.0. The van der Waals surface area contributed by atoms with Crippen LogP contribution in [0.2, 0.25) is 0 Å².